The Morgan fingerprint density at radius 1 is 0.643 bits per heavy atom. The Bertz CT molecular complexity index is 71.1. The minimum absolute atomic E-state index is 0. The first-order valence-electron chi connectivity index (χ1n) is 3.40. The minimum Gasteiger partial charge on any atom is -1.00 e. The quantitative estimate of drug-likeness (QED) is 0.386. The van der Waals surface area contributed by atoms with Crippen LogP contribution in [0.15, 0.2) is 0 Å². The number of nitrogens with zero attached hydrogens (tertiary/aromatic N) is 1. The first kappa shape index (κ1) is 29.2. The van der Waals surface area contributed by atoms with Crippen molar-refractivity contribution < 1.29 is 29.4 Å². The van der Waals surface area contributed by atoms with Gasteiger partial charge < -0.3 is 29.4 Å². The molecule has 0 aliphatic heterocycles. The predicted octanol–water partition coefficient (Wildman–Crippen LogP) is -11.1. The molecule has 0 aromatic heterocycles. The monoisotopic (exact) mass is 217 g/mol. The van der Waals surface area contributed by atoms with Crippen LogP contribution in [0.4, 0.5) is 0 Å². The molecule has 0 aliphatic carbocycles. The number of halogens is 3. The second kappa shape index (κ2) is 23.0. The Morgan fingerprint density at radius 2 is 0.857 bits per heavy atom. The average Bonchev–Trinajstić information content (AvgIpc) is 1.90. The van der Waals surface area contributed by atoms with Crippen LogP contribution in [0.2, 0.25) is 0 Å². The molecule has 4 nitrogen and oxygen atoms in total. The summed E-state index contributed by atoms with van der Waals surface area (Å²) in [5, 5.41) is 25.5. The maximum Gasteiger partial charge on any atom is 3.00 e. The molecule has 3 N–H and O–H groups in total. The van der Waals surface area contributed by atoms with Gasteiger partial charge in [0.2, 0.25) is 0 Å². The molecule has 0 heterocycles. The van der Waals surface area contributed by atoms with Crippen molar-refractivity contribution in [1.29, 1.82) is 0 Å². The molecule has 0 aliphatic rings. The number of hydrogen-bond donors (Lipinski definition) is 3. The van der Waals surface area contributed by atoms with E-state index in [1.54, 1.807) is 4.90 Å². The van der Waals surface area contributed by atoms with E-state index in [4.69, 9.17) is 15.3 Å². The SMILES string of the molecule is OCCN(CCO)CCO.[B+3].[F-].[F-].[F-]. The zero-order valence-electron chi connectivity index (χ0n) is 7.74. The fourth-order valence-electron chi connectivity index (χ4n) is 0.760. The topological polar surface area (TPSA) is 63.9 Å². The van der Waals surface area contributed by atoms with Gasteiger partial charge >= 0.3 is 8.41 Å². The van der Waals surface area contributed by atoms with E-state index in [1.165, 1.54) is 0 Å². The maximum absolute atomic E-state index is 8.48. The normalized spacial score (nSPS) is 7.71. The van der Waals surface area contributed by atoms with Gasteiger partial charge in [-0.2, -0.15) is 0 Å². The standard InChI is InChI=1S/C6H15NO3.B.3FH/c8-4-1-7(2-5-9)3-6-10;;;;/h8-10H,1-6H2;;3*1H/q;+3;;;/p-3. The Hall–Kier alpha value is -0.305. The van der Waals surface area contributed by atoms with Crippen LogP contribution in [0.3, 0.4) is 0 Å². The Labute approximate surface area is 83.2 Å². The van der Waals surface area contributed by atoms with Crippen molar-refractivity contribution in [2.24, 2.45) is 0 Å². The van der Waals surface area contributed by atoms with E-state index in [9.17, 15) is 0 Å². The third kappa shape index (κ3) is 17.7. The Balaban J connectivity index is -0.0000000675. The number of hydrogen-bond acceptors (Lipinski definition) is 4. The van der Waals surface area contributed by atoms with E-state index in [2.05, 4.69) is 0 Å². The summed E-state index contributed by atoms with van der Waals surface area (Å²) in [6, 6.07) is 0. The van der Waals surface area contributed by atoms with Gasteiger partial charge in [0.1, 0.15) is 0 Å². The van der Waals surface area contributed by atoms with Crippen molar-refractivity contribution >= 4 is 8.41 Å². The third-order valence-corrected chi connectivity index (χ3v) is 1.25. The van der Waals surface area contributed by atoms with Crippen molar-refractivity contribution in [3.63, 3.8) is 0 Å². The third-order valence-electron chi connectivity index (χ3n) is 1.25. The van der Waals surface area contributed by atoms with Crippen LogP contribution in [-0.4, -0.2) is 68.1 Å². The molecule has 0 aromatic rings. The second-order valence-corrected chi connectivity index (χ2v) is 2.01. The first-order valence-corrected chi connectivity index (χ1v) is 3.40. The van der Waals surface area contributed by atoms with E-state index < -0.39 is 0 Å². The van der Waals surface area contributed by atoms with Crippen molar-refractivity contribution in [1.82, 2.24) is 4.90 Å². The van der Waals surface area contributed by atoms with E-state index in [1.807, 2.05) is 0 Å². The molecule has 14 heavy (non-hydrogen) atoms. The van der Waals surface area contributed by atoms with Gasteiger partial charge in [0.05, 0.1) is 19.8 Å². The van der Waals surface area contributed by atoms with E-state index >= 15 is 0 Å². The smallest absolute Gasteiger partial charge is 1.00 e. The van der Waals surface area contributed by atoms with Gasteiger partial charge in [0.15, 0.2) is 0 Å². The summed E-state index contributed by atoms with van der Waals surface area (Å²) in [5.41, 5.74) is 0. The van der Waals surface area contributed by atoms with E-state index in [-0.39, 0.29) is 42.3 Å². The van der Waals surface area contributed by atoms with Gasteiger partial charge in [-0.15, -0.1) is 0 Å². The van der Waals surface area contributed by atoms with E-state index in [0.29, 0.717) is 19.6 Å². The molecule has 0 saturated heterocycles. The first-order chi connectivity index (χ1) is 4.85. The van der Waals surface area contributed by atoms with Crippen LogP contribution >= 0.6 is 0 Å². The van der Waals surface area contributed by atoms with Crippen LogP contribution in [0.5, 0.6) is 0 Å². The molecular weight excluding hydrogens is 202 g/mol. The fraction of sp³-hybridized carbons (Fsp3) is 1.00. The molecule has 86 valence electrons. The van der Waals surface area contributed by atoms with Gasteiger partial charge in [-0.3, -0.25) is 4.90 Å². The molecule has 0 spiro atoms. The maximum atomic E-state index is 8.48. The summed E-state index contributed by atoms with van der Waals surface area (Å²) < 4.78 is 0. The largest absolute Gasteiger partial charge is 3.00 e. The molecule has 0 saturated carbocycles. The molecule has 0 rings (SSSR count). The summed E-state index contributed by atoms with van der Waals surface area (Å²) in [7, 11) is 0. The molecule has 8 heteroatoms. The fourth-order valence-corrected chi connectivity index (χ4v) is 0.760. The van der Waals surface area contributed by atoms with Crippen LogP contribution in [0.1, 0.15) is 0 Å². The second-order valence-electron chi connectivity index (χ2n) is 2.01. The molecule has 0 aromatic carbocycles. The number of rotatable bonds is 6. The summed E-state index contributed by atoms with van der Waals surface area (Å²) in [6.07, 6.45) is 0. The summed E-state index contributed by atoms with van der Waals surface area (Å²) in [5.74, 6) is 0. The van der Waals surface area contributed by atoms with Gasteiger partial charge in [-0.25, -0.2) is 0 Å². The molecular formula is C6H15BF3NO3. The van der Waals surface area contributed by atoms with Crippen molar-refractivity contribution in [2.45, 2.75) is 0 Å². The van der Waals surface area contributed by atoms with Crippen LogP contribution in [0, 0.1) is 0 Å². The number of aliphatic hydroxyl groups is 3. The van der Waals surface area contributed by atoms with Gasteiger partial charge in [0.25, 0.3) is 0 Å². The average molecular weight is 217 g/mol. The van der Waals surface area contributed by atoms with Gasteiger partial charge in [0, 0.05) is 19.6 Å². The number of aliphatic hydroxyl groups excluding tert-OH is 3. The summed E-state index contributed by atoms with van der Waals surface area (Å²) in [6.45, 7) is 1.75. The van der Waals surface area contributed by atoms with Gasteiger partial charge in [-0.1, -0.05) is 0 Å². The zero-order chi connectivity index (χ0) is 7.82. The van der Waals surface area contributed by atoms with Crippen LogP contribution < -0.4 is 14.1 Å². The molecule has 0 radical (unpaired) electrons. The van der Waals surface area contributed by atoms with E-state index in [0.717, 1.165) is 0 Å². The molecule has 0 bridgehead atoms. The minimum atomic E-state index is 0. The molecule has 0 fully saturated rings. The van der Waals surface area contributed by atoms with Crippen molar-refractivity contribution in [2.75, 3.05) is 39.5 Å². The van der Waals surface area contributed by atoms with Crippen LogP contribution in [-0.2, 0) is 0 Å². The van der Waals surface area contributed by atoms with Crippen molar-refractivity contribution in [3.05, 3.63) is 0 Å². The Morgan fingerprint density at radius 3 is 1.00 bits per heavy atom. The summed E-state index contributed by atoms with van der Waals surface area (Å²) >= 11 is 0. The van der Waals surface area contributed by atoms with Gasteiger partial charge in [-0.05, 0) is 0 Å². The predicted molar refractivity (Wildman–Crippen MR) is 43.5 cm³/mol. The molecule has 0 amide bonds. The van der Waals surface area contributed by atoms with Crippen molar-refractivity contribution in [3.8, 4) is 0 Å². The molecule has 0 unspecified atom stereocenters. The summed E-state index contributed by atoms with van der Waals surface area (Å²) in [4.78, 5) is 1.79. The molecule has 0 atom stereocenters. The Kier molecular flexibility index (Phi) is 47.9. The van der Waals surface area contributed by atoms with Crippen LogP contribution in [0.25, 0.3) is 0 Å². The zero-order valence-corrected chi connectivity index (χ0v) is 7.74.